The largest absolute Gasteiger partial charge is 0.495 e. The lowest BCUT2D eigenvalue weighted by Crippen LogP contribution is -2.14. The molecule has 0 spiro atoms. The number of nitrogens with one attached hydrogen (secondary N) is 2. The number of pyridine rings is 1. The van der Waals surface area contributed by atoms with Crippen LogP contribution in [0.25, 0.3) is 0 Å². The third-order valence-electron chi connectivity index (χ3n) is 4.18. The number of rotatable bonds is 6. The van der Waals surface area contributed by atoms with Gasteiger partial charge >= 0.3 is 0 Å². The summed E-state index contributed by atoms with van der Waals surface area (Å²) in [5, 5.41) is 6.01. The molecule has 3 rings (SSSR count). The van der Waals surface area contributed by atoms with Gasteiger partial charge in [-0.05, 0) is 67.9 Å². The maximum absolute atomic E-state index is 12.5. The predicted octanol–water partition coefficient (Wildman–Crippen LogP) is 4.60. The van der Waals surface area contributed by atoms with Gasteiger partial charge in [0.05, 0.1) is 24.7 Å². The highest BCUT2D eigenvalue weighted by molar-refractivity contribution is 6.03. The molecule has 1 heterocycles. The molecule has 6 heteroatoms. The molecule has 142 valence electrons. The fraction of sp³-hybridized carbons (Fsp3) is 0.136. The van der Waals surface area contributed by atoms with Gasteiger partial charge in [0.2, 0.25) is 0 Å². The lowest BCUT2D eigenvalue weighted by molar-refractivity contribution is 0.101. The molecule has 0 fully saturated rings. The predicted molar refractivity (Wildman–Crippen MR) is 110 cm³/mol. The summed E-state index contributed by atoms with van der Waals surface area (Å²) < 4.78 is 5.28. The zero-order chi connectivity index (χ0) is 20.1. The highest BCUT2D eigenvalue weighted by Gasteiger charge is 2.11. The SMILES string of the molecule is COc1ccc(C)cc1NC(=O)c1ccc(Nc2ccc(C(C)=O)cc2)cn1. The number of carbonyl (C=O) groups excluding carboxylic acids is 2. The molecule has 0 saturated heterocycles. The van der Waals surface area contributed by atoms with Crippen molar-refractivity contribution in [3.8, 4) is 5.75 Å². The molecule has 2 N–H and O–H groups in total. The van der Waals surface area contributed by atoms with Gasteiger partial charge in [0.1, 0.15) is 11.4 Å². The van der Waals surface area contributed by atoms with E-state index in [1.54, 1.807) is 37.6 Å². The monoisotopic (exact) mass is 375 g/mol. The molecule has 0 saturated carbocycles. The minimum atomic E-state index is -0.318. The Bertz CT molecular complexity index is 997. The number of ether oxygens (including phenoxy) is 1. The van der Waals surface area contributed by atoms with Crippen LogP contribution < -0.4 is 15.4 Å². The Balaban J connectivity index is 1.69. The van der Waals surface area contributed by atoms with Crippen LogP contribution in [0.4, 0.5) is 17.1 Å². The molecule has 2 aromatic carbocycles. The first-order valence-electron chi connectivity index (χ1n) is 8.76. The number of benzene rings is 2. The number of Topliss-reactive ketones (excluding diaryl/α,β-unsaturated/α-hetero) is 1. The lowest BCUT2D eigenvalue weighted by atomic mass is 10.1. The maximum Gasteiger partial charge on any atom is 0.274 e. The van der Waals surface area contributed by atoms with Gasteiger partial charge < -0.3 is 15.4 Å². The summed E-state index contributed by atoms with van der Waals surface area (Å²) in [7, 11) is 1.56. The van der Waals surface area contributed by atoms with Crippen LogP contribution in [0, 0.1) is 6.92 Å². The van der Waals surface area contributed by atoms with E-state index in [1.807, 2.05) is 37.3 Å². The Morgan fingerprint density at radius 2 is 1.68 bits per heavy atom. The second-order valence-corrected chi connectivity index (χ2v) is 6.35. The van der Waals surface area contributed by atoms with Crippen molar-refractivity contribution in [2.75, 3.05) is 17.7 Å². The van der Waals surface area contributed by atoms with Gasteiger partial charge in [-0.2, -0.15) is 0 Å². The number of aromatic nitrogens is 1. The van der Waals surface area contributed by atoms with Gasteiger partial charge in [0.15, 0.2) is 5.78 Å². The van der Waals surface area contributed by atoms with E-state index < -0.39 is 0 Å². The standard InChI is InChI=1S/C22H21N3O3/c1-14-4-11-21(28-3)20(12-14)25-22(27)19-10-9-18(13-23-19)24-17-7-5-16(6-8-17)15(2)26/h4-13,24H,1-3H3,(H,25,27). The minimum absolute atomic E-state index is 0.0221. The number of amides is 1. The fourth-order valence-corrected chi connectivity index (χ4v) is 2.66. The number of anilines is 3. The van der Waals surface area contributed by atoms with Crippen molar-refractivity contribution in [3.05, 3.63) is 77.6 Å². The number of nitrogens with zero attached hydrogens (tertiary/aromatic N) is 1. The molecule has 0 unspecified atom stereocenters. The summed E-state index contributed by atoms with van der Waals surface area (Å²) in [5.74, 6) is 0.293. The lowest BCUT2D eigenvalue weighted by Gasteiger charge is -2.11. The molecule has 0 aliphatic carbocycles. The van der Waals surface area contributed by atoms with E-state index in [0.29, 0.717) is 22.7 Å². The average molecular weight is 375 g/mol. The molecule has 1 aromatic heterocycles. The fourth-order valence-electron chi connectivity index (χ4n) is 2.66. The van der Waals surface area contributed by atoms with E-state index >= 15 is 0 Å². The van der Waals surface area contributed by atoms with E-state index in [9.17, 15) is 9.59 Å². The van der Waals surface area contributed by atoms with E-state index in [1.165, 1.54) is 6.92 Å². The Morgan fingerprint density at radius 3 is 2.29 bits per heavy atom. The third-order valence-corrected chi connectivity index (χ3v) is 4.18. The van der Waals surface area contributed by atoms with Crippen LogP contribution in [0.2, 0.25) is 0 Å². The number of methoxy groups -OCH3 is 1. The smallest absolute Gasteiger partial charge is 0.274 e. The van der Waals surface area contributed by atoms with Gasteiger partial charge in [-0.1, -0.05) is 6.07 Å². The molecule has 0 aliphatic heterocycles. The van der Waals surface area contributed by atoms with E-state index in [0.717, 1.165) is 16.9 Å². The minimum Gasteiger partial charge on any atom is -0.495 e. The van der Waals surface area contributed by atoms with Crippen molar-refractivity contribution in [1.29, 1.82) is 0 Å². The van der Waals surface area contributed by atoms with E-state index in [2.05, 4.69) is 15.6 Å². The summed E-state index contributed by atoms with van der Waals surface area (Å²) >= 11 is 0. The zero-order valence-electron chi connectivity index (χ0n) is 15.9. The maximum atomic E-state index is 12.5. The summed E-state index contributed by atoms with van der Waals surface area (Å²) in [5.41, 5.74) is 4.12. The number of hydrogen-bond acceptors (Lipinski definition) is 5. The molecule has 3 aromatic rings. The van der Waals surface area contributed by atoms with Crippen LogP contribution in [0.15, 0.2) is 60.8 Å². The number of hydrogen-bond donors (Lipinski definition) is 2. The third kappa shape index (κ3) is 4.54. The van der Waals surface area contributed by atoms with Crippen molar-refractivity contribution in [3.63, 3.8) is 0 Å². The highest BCUT2D eigenvalue weighted by atomic mass is 16.5. The van der Waals surface area contributed by atoms with Crippen molar-refractivity contribution < 1.29 is 14.3 Å². The van der Waals surface area contributed by atoms with Crippen molar-refractivity contribution in [2.24, 2.45) is 0 Å². The first-order valence-corrected chi connectivity index (χ1v) is 8.76. The molecule has 0 bridgehead atoms. The normalized spacial score (nSPS) is 10.2. The van der Waals surface area contributed by atoms with Crippen molar-refractivity contribution in [1.82, 2.24) is 4.98 Å². The Labute approximate surface area is 163 Å². The van der Waals surface area contributed by atoms with Crippen LogP contribution in [0.3, 0.4) is 0 Å². The van der Waals surface area contributed by atoms with Crippen LogP contribution in [-0.4, -0.2) is 23.8 Å². The van der Waals surface area contributed by atoms with E-state index in [-0.39, 0.29) is 11.7 Å². The van der Waals surface area contributed by atoms with Crippen LogP contribution in [0.5, 0.6) is 5.75 Å². The van der Waals surface area contributed by atoms with Crippen LogP contribution in [-0.2, 0) is 0 Å². The van der Waals surface area contributed by atoms with E-state index in [4.69, 9.17) is 4.74 Å². The van der Waals surface area contributed by atoms with Crippen LogP contribution in [0.1, 0.15) is 33.3 Å². The van der Waals surface area contributed by atoms with Crippen molar-refractivity contribution in [2.45, 2.75) is 13.8 Å². The highest BCUT2D eigenvalue weighted by Crippen LogP contribution is 2.25. The summed E-state index contributed by atoms with van der Waals surface area (Å²) in [6.45, 7) is 3.47. The summed E-state index contributed by atoms with van der Waals surface area (Å²) in [6, 6.07) is 16.1. The molecule has 1 amide bonds. The quantitative estimate of drug-likeness (QED) is 0.616. The van der Waals surface area contributed by atoms with Gasteiger partial charge in [0, 0.05) is 11.3 Å². The molecular formula is C22H21N3O3. The molecule has 28 heavy (non-hydrogen) atoms. The average Bonchev–Trinajstić information content (AvgIpc) is 2.69. The van der Waals surface area contributed by atoms with Gasteiger partial charge in [0.25, 0.3) is 5.91 Å². The Hall–Kier alpha value is -3.67. The summed E-state index contributed by atoms with van der Waals surface area (Å²) in [6.07, 6.45) is 1.58. The number of aryl methyl sites for hydroxylation is 1. The van der Waals surface area contributed by atoms with Gasteiger partial charge in [-0.3, -0.25) is 9.59 Å². The first kappa shape index (κ1) is 19.1. The van der Waals surface area contributed by atoms with Crippen molar-refractivity contribution >= 4 is 28.8 Å². The molecule has 0 radical (unpaired) electrons. The molecule has 0 aliphatic rings. The number of carbonyl (C=O) groups is 2. The Morgan fingerprint density at radius 1 is 0.964 bits per heavy atom. The van der Waals surface area contributed by atoms with Gasteiger partial charge in [-0.25, -0.2) is 4.98 Å². The zero-order valence-corrected chi connectivity index (χ0v) is 15.9. The molecule has 6 nitrogen and oxygen atoms in total. The molecule has 0 atom stereocenters. The second-order valence-electron chi connectivity index (χ2n) is 6.35. The first-order chi connectivity index (χ1) is 13.5. The van der Waals surface area contributed by atoms with Gasteiger partial charge in [-0.15, -0.1) is 0 Å². The summed E-state index contributed by atoms with van der Waals surface area (Å²) in [4.78, 5) is 28.0. The van der Waals surface area contributed by atoms with Crippen LogP contribution >= 0.6 is 0 Å². The number of ketones is 1. The topological polar surface area (TPSA) is 80.3 Å². The Kier molecular flexibility index (Phi) is 5.69. The second kappa shape index (κ2) is 8.35. The molecular weight excluding hydrogens is 354 g/mol.